The van der Waals surface area contributed by atoms with Crippen LogP contribution in [0.15, 0.2) is 24.3 Å². The van der Waals surface area contributed by atoms with E-state index in [4.69, 9.17) is 23.8 Å². The molecular formula is C11H12ClN. The zero-order valence-corrected chi connectivity index (χ0v) is 8.09. The van der Waals surface area contributed by atoms with E-state index in [1.807, 2.05) is 24.3 Å². The molecule has 1 rings (SSSR count). The van der Waals surface area contributed by atoms with Crippen molar-refractivity contribution in [2.75, 3.05) is 0 Å². The molecule has 2 N–H and O–H groups in total. The minimum absolute atomic E-state index is 0.0474. The van der Waals surface area contributed by atoms with Crippen molar-refractivity contribution in [3.8, 4) is 12.3 Å². The Morgan fingerprint density at radius 3 is 2.54 bits per heavy atom. The lowest BCUT2D eigenvalue weighted by molar-refractivity contribution is 0.689. The summed E-state index contributed by atoms with van der Waals surface area (Å²) in [5.41, 5.74) is 6.95. The molecule has 1 nitrogen and oxygen atoms in total. The molecule has 0 aliphatic heterocycles. The van der Waals surface area contributed by atoms with Crippen molar-refractivity contribution < 1.29 is 0 Å². The molecule has 0 aliphatic rings. The fraction of sp³-hybridized carbons (Fsp3) is 0.273. The Morgan fingerprint density at radius 2 is 2.00 bits per heavy atom. The summed E-state index contributed by atoms with van der Waals surface area (Å²) in [4.78, 5) is 0. The number of rotatable bonds is 3. The highest BCUT2D eigenvalue weighted by Crippen LogP contribution is 2.11. The van der Waals surface area contributed by atoms with E-state index in [2.05, 4.69) is 5.92 Å². The Balaban J connectivity index is 2.55. The first-order chi connectivity index (χ1) is 6.22. The summed E-state index contributed by atoms with van der Waals surface area (Å²) in [6.45, 7) is 0. The van der Waals surface area contributed by atoms with Gasteiger partial charge in [0.15, 0.2) is 0 Å². The predicted octanol–water partition coefficient (Wildman–Crippen LogP) is 2.23. The van der Waals surface area contributed by atoms with Crippen LogP contribution < -0.4 is 5.73 Å². The van der Waals surface area contributed by atoms with E-state index < -0.39 is 0 Å². The van der Waals surface area contributed by atoms with Gasteiger partial charge in [-0.15, -0.1) is 12.3 Å². The first-order valence-corrected chi connectivity index (χ1v) is 4.53. The number of halogens is 1. The summed E-state index contributed by atoms with van der Waals surface area (Å²) < 4.78 is 0. The van der Waals surface area contributed by atoms with Crippen LogP contribution in [-0.2, 0) is 6.42 Å². The highest BCUT2D eigenvalue weighted by atomic mass is 35.5. The Morgan fingerprint density at radius 1 is 1.38 bits per heavy atom. The average Bonchev–Trinajstić information content (AvgIpc) is 2.09. The lowest BCUT2D eigenvalue weighted by Gasteiger charge is -2.07. The van der Waals surface area contributed by atoms with E-state index in [9.17, 15) is 0 Å². The van der Waals surface area contributed by atoms with E-state index in [1.165, 1.54) is 5.56 Å². The van der Waals surface area contributed by atoms with Gasteiger partial charge in [-0.25, -0.2) is 0 Å². The molecule has 0 bridgehead atoms. The number of hydrogen-bond donors (Lipinski definition) is 1. The second-order valence-corrected chi connectivity index (χ2v) is 3.44. The molecule has 0 saturated heterocycles. The third-order valence-electron chi connectivity index (χ3n) is 1.79. The van der Waals surface area contributed by atoms with Gasteiger partial charge in [-0.3, -0.25) is 0 Å². The molecule has 0 fully saturated rings. The number of benzene rings is 1. The van der Waals surface area contributed by atoms with Gasteiger partial charge in [-0.1, -0.05) is 23.7 Å². The Hall–Kier alpha value is -0.970. The molecule has 0 aliphatic carbocycles. The van der Waals surface area contributed by atoms with Crippen molar-refractivity contribution in [2.45, 2.75) is 18.9 Å². The van der Waals surface area contributed by atoms with E-state index >= 15 is 0 Å². The third-order valence-corrected chi connectivity index (χ3v) is 2.04. The quantitative estimate of drug-likeness (QED) is 0.733. The maximum Gasteiger partial charge on any atom is 0.0406 e. The van der Waals surface area contributed by atoms with Crippen molar-refractivity contribution >= 4 is 11.6 Å². The van der Waals surface area contributed by atoms with Crippen LogP contribution in [0.25, 0.3) is 0 Å². The highest BCUT2D eigenvalue weighted by molar-refractivity contribution is 6.30. The SMILES string of the molecule is C#CCC(N)Cc1ccc(Cl)cc1. The molecule has 0 saturated carbocycles. The largest absolute Gasteiger partial charge is 0.327 e. The normalized spacial score (nSPS) is 12.1. The molecule has 0 amide bonds. The van der Waals surface area contributed by atoms with Crippen molar-refractivity contribution in [3.05, 3.63) is 34.9 Å². The van der Waals surface area contributed by atoms with Gasteiger partial charge >= 0.3 is 0 Å². The highest BCUT2D eigenvalue weighted by Gasteiger charge is 2.01. The van der Waals surface area contributed by atoms with E-state index in [1.54, 1.807) is 0 Å². The van der Waals surface area contributed by atoms with Crippen molar-refractivity contribution in [1.82, 2.24) is 0 Å². The molecule has 68 valence electrons. The smallest absolute Gasteiger partial charge is 0.0406 e. The van der Waals surface area contributed by atoms with E-state index in [0.717, 1.165) is 11.4 Å². The number of hydrogen-bond acceptors (Lipinski definition) is 1. The summed E-state index contributed by atoms with van der Waals surface area (Å²) >= 11 is 5.75. The molecule has 1 atom stereocenters. The Bertz CT molecular complexity index is 297. The summed E-state index contributed by atoms with van der Waals surface area (Å²) in [5.74, 6) is 2.55. The first kappa shape index (κ1) is 10.1. The predicted molar refractivity (Wildman–Crippen MR) is 56.6 cm³/mol. The maximum absolute atomic E-state index is 5.78. The topological polar surface area (TPSA) is 26.0 Å². The van der Waals surface area contributed by atoms with Gasteiger partial charge in [0.2, 0.25) is 0 Å². The lowest BCUT2D eigenvalue weighted by Crippen LogP contribution is -2.21. The van der Waals surface area contributed by atoms with Gasteiger partial charge < -0.3 is 5.73 Å². The molecular weight excluding hydrogens is 182 g/mol. The Kier molecular flexibility index (Phi) is 3.82. The molecule has 1 aromatic rings. The van der Waals surface area contributed by atoms with Gasteiger partial charge in [0.1, 0.15) is 0 Å². The van der Waals surface area contributed by atoms with Crippen LogP contribution in [0.1, 0.15) is 12.0 Å². The third kappa shape index (κ3) is 3.50. The first-order valence-electron chi connectivity index (χ1n) is 4.16. The van der Waals surface area contributed by atoms with Gasteiger partial charge in [0.05, 0.1) is 0 Å². The van der Waals surface area contributed by atoms with Crippen LogP contribution in [0, 0.1) is 12.3 Å². The van der Waals surface area contributed by atoms with Crippen LogP contribution in [0.3, 0.4) is 0 Å². The monoisotopic (exact) mass is 193 g/mol. The standard InChI is InChI=1S/C11H12ClN/c1-2-3-11(13)8-9-4-6-10(12)7-5-9/h1,4-7,11H,3,8,13H2. The molecule has 1 aromatic carbocycles. The fourth-order valence-electron chi connectivity index (χ4n) is 1.15. The Labute approximate surface area is 83.9 Å². The molecule has 0 radical (unpaired) electrons. The minimum atomic E-state index is 0.0474. The van der Waals surface area contributed by atoms with Crippen LogP contribution >= 0.6 is 11.6 Å². The van der Waals surface area contributed by atoms with E-state index in [0.29, 0.717) is 6.42 Å². The van der Waals surface area contributed by atoms with Gasteiger partial charge in [0, 0.05) is 17.5 Å². The van der Waals surface area contributed by atoms with Crippen LogP contribution in [-0.4, -0.2) is 6.04 Å². The second-order valence-electron chi connectivity index (χ2n) is 3.00. The second kappa shape index (κ2) is 4.91. The summed E-state index contributed by atoms with van der Waals surface area (Å²) in [6, 6.07) is 7.71. The molecule has 0 aromatic heterocycles. The summed E-state index contributed by atoms with van der Waals surface area (Å²) in [5, 5.41) is 0.745. The van der Waals surface area contributed by atoms with E-state index in [-0.39, 0.29) is 6.04 Å². The van der Waals surface area contributed by atoms with Gasteiger partial charge in [0.25, 0.3) is 0 Å². The molecule has 0 heterocycles. The zero-order valence-electron chi connectivity index (χ0n) is 7.33. The number of terminal acetylenes is 1. The molecule has 2 heteroatoms. The average molecular weight is 194 g/mol. The van der Waals surface area contributed by atoms with Crippen LogP contribution in [0.5, 0.6) is 0 Å². The van der Waals surface area contributed by atoms with Crippen molar-refractivity contribution in [1.29, 1.82) is 0 Å². The van der Waals surface area contributed by atoms with Gasteiger partial charge in [-0.05, 0) is 24.1 Å². The summed E-state index contributed by atoms with van der Waals surface area (Å²) in [7, 11) is 0. The minimum Gasteiger partial charge on any atom is -0.327 e. The molecule has 0 spiro atoms. The maximum atomic E-state index is 5.78. The zero-order chi connectivity index (χ0) is 9.68. The lowest BCUT2D eigenvalue weighted by atomic mass is 10.0. The molecule has 13 heavy (non-hydrogen) atoms. The van der Waals surface area contributed by atoms with Crippen LogP contribution in [0.4, 0.5) is 0 Å². The van der Waals surface area contributed by atoms with Crippen molar-refractivity contribution in [2.24, 2.45) is 5.73 Å². The van der Waals surface area contributed by atoms with Crippen molar-refractivity contribution in [3.63, 3.8) is 0 Å². The fourth-order valence-corrected chi connectivity index (χ4v) is 1.27. The summed E-state index contributed by atoms with van der Waals surface area (Å²) in [6.07, 6.45) is 6.58. The van der Waals surface area contributed by atoms with Crippen LogP contribution in [0.2, 0.25) is 5.02 Å². The van der Waals surface area contributed by atoms with Gasteiger partial charge in [-0.2, -0.15) is 0 Å². The number of nitrogens with two attached hydrogens (primary N) is 1. The molecule has 1 unspecified atom stereocenters.